The number of benzene rings is 3. The van der Waals surface area contributed by atoms with Crippen LogP contribution in [-0.2, 0) is 7.05 Å². The Morgan fingerprint density at radius 3 is 2.38 bits per heavy atom. The van der Waals surface area contributed by atoms with Crippen molar-refractivity contribution in [3.05, 3.63) is 93.9 Å². The average Bonchev–Trinajstić information content (AvgIpc) is 3.34. The Labute approximate surface area is 222 Å². The minimum Gasteiger partial charge on any atom is -0.491 e. The smallest absolute Gasteiger partial charge is 0.261 e. The Balaban J connectivity index is 1.67. The van der Waals surface area contributed by atoms with Gasteiger partial charge in [0.2, 0.25) is 0 Å². The van der Waals surface area contributed by atoms with E-state index in [9.17, 15) is 13.6 Å². The summed E-state index contributed by atoms with van der Waals surface area (Å²) in [5, 5.41) is 9.45. The molecule has 0 saturated carbocycles. The monoisotopic (exact) mass is 532 g/mol. The van der Waals surface area contributed by atoms with E-state index in [1.807, 2.05) is 26.0 Å². The SMILES string of the molecule is Cc1cc(-c2cc3c(=O)n(C)cc(-c4cc(N)ccc4Oc4ccc(F)cc4F)c3o2)cc(C)c1OCCO. The number of aliphatic hydroxyl groups excluding tert-OH is 1. The molecule has 0 aliphatic heterocycles. The second kappa shape index (κ2) is 10.3. The first-order chi connectivity index (χ1) is 18.7. The van der Waals surface area contributed by atoms with Gasteiger partial charge in [0.1, 0.15) is 35.3 Å². The molecule has 9 heteroatoms. The molecule has 39 heavy (non-hydrogen) atoms. The number of fused-ring (bicyclic) bond motifs is 1. The van der Waals surface area contributed by atoms with Crippen molar-refractivity contribution in [2.24, 2.45) is 7.05 Å². The van der Waals surface area contributed by atoms with Crippen LogP contribution in [0.15, 0.2) is 70.0 Å². The fourth-order valence-electron chi connectivity index (χ4n) is 4.58. The van der Waals surface area contributed by atoms with Gasteiger partial charge in [0.25, 0.3) is 5.56 Å². The van der Waals surface area contributed by atoms with Crippen LogP contribution in [0, 0.1) is 25.5 Å². The van der Waals surface area contributed by atoms with Gasteiger partial charge in [-0.05, 0) is 73.5 Å². The molecule has 3 aromatic carbocycles. The molecule has 2 heterocycles. The summed E-state index contributed by atoms with van der Waals surface area (Å²) in [6.45, 7) is 3.86. The summed E-state index contributed by atoms with van der Waals surface area (Å²) in [7, 11) is 1.62. The van der Waals surface area contributed by atoms with Crippen LogP contribution in [0.5, 0.6) is 17.2 Å². The van der Waals surface area contributed by atoms with Crippen LogP contribution in [0.25, 0.3) is 33.4 Å². The van der Waals surface area contributed by atoms with Crippen molar-refractivity contribution in [1.82, 2.24) is 4.57 Å². The van der Waals surface area contributed by atoms with Crippen molar-refractivity contribution < 1.29 is 27.8 Å². The zero-order valence-electron chi connectivity index (χ0n) is 21.5. The number of pyridine rings is 1. The largest absolute Gasteiger partial charge is 0.491 e. The van der Waals surface area contributed by atoms with Crippen LogP contribution in [0.4, 0.5) is 14.5 Å². The second-order valence-corrected chi connectivity index (χ2v) is 9.26. The predicted octanol–water partition coefficient (Wildman–Crippen LogP) is 6.11. The first-order valence-corrected chi connectivity index (χ1v) is 12.2. The third-order valence-corrected chi connectivity index (χ3v) is 6.34. The van der Waals surface area contributed by atoms with Crippen LogP contribution in [0.3, 0.4) is 0 Å². The number of nitrogens with two attached hydrogens (primary N) is 1. The lowest BCUT2D eigenvalue weighted by Gasteiger charge is -2.14. The average molecular weight is 533 g/mol. The molecule has 0 radical (unpaired) electrons. The highest BCUT2D eigenvalue weighted by Crippen LogP contribution is 2.41. The second-order valence-electron chi connectivity index (χ2n) is 9.26. The van der Waals surface area contributed by atoms with E-state index in [0.29, 0.717) is 39.3 Å². The number of rotatable bonds is 7. The minimum atomic E-state index is -0.860. The summed E-state index contributed by atoms with van der Waals surface area (Å²) in [6.07, 6.45) is 1.60. The molecular formula is C30H26F2N2O5. The number of halogens is 2. The molecule has 0 saturated heterocycles. The van der Waals surface area contributed by atoms with Crippen LogP contribution in [0.1, 0.15) is 11.1 Å². The van der Waals surface area contributed by atoms with Gasteiger partial charge in [-0.25, -0.2) is 8.78 Å². The standard InChI is InChI=1S/C30H26F2N2O5/c1-16-10-18(11-17(2)28(16)37-9-8-35)27-14-22-29(39-27)23(15-34(3)30(22)36)21-13-20(33)5-7-25(21)38-26-6-4-19(31)12-24(26)32/h4-7,10-15,35H,8-9,33H2,1-3H3. The predicted molar refractivity (Wildman–Crippen MR) is 145 cm³/mol. The molecule has 0 aliphatic rings. The van der Waals surface area contributed by atoms with E-state index in [0.717, 1.165) is 28.8 Å². The van der Waals surface area contributed by atoms with E-state index in [1.165, 1.54) is 10.6 Å². The van der Waals surface area contributed by atoms with Crippen molar-refractivity contribution in [2.45, 2.75) is 13.8 Å². The van der Waals surface area contributed by atoms with Crippen LogP contribution in [-0.4, -0.2) is 22.9 Å². The van der Waals surface area contributed by atoms with Crippen molar-refractivity contribution in [1.29, 1.82) is 0 Å². The summed E-state index contributed by atoms with van der Waals surface area (Å²) >= 11 is 0. The molecular weight excluding hydrogens is 506 g/mol. The van der Waals surface area contributed by atoms with Crippen molar-refractivity contribution in [2.75, 3.05) is 18.9 Å². The molecule has 0 bridgehead atoms. The minimum absolute atomic E-state index is 0.0974. The quantitative estimate of drug-likeness (QED) is 0.246. The number of aryl methyl sites for hydroxylation is 3. The summed E-state index contributed by atoms with van der Waals surface area (Å²) in [6, 6.07) is 13.3. The maximum Gasteiger partial charge on any atom is 0.261 e. The van der Waals surface area contributed by atoms with Crippen LogP contribution < -0.4 is 20.8 Å². The third-order valence-electron chi connectivity index (χ3n) is 6.34. The zero-order chi connectivity index (χ0) is 27.8. The van der Waals surface area contributed by atoms with Gasteiger partial charge in [0.15, 0.2) is 11.6 Å². The van der Waals surface area contributed by atoms with Gasteiger partial charge in [-0.15, -0.1) is 0 Å². The fourth-order valence-corrected chi connectivity index (χ4v) is 4.58. The van der Waals surface area contributed by atoms with E-state index in [2.05, 4.69) is 0 Å². The number of hydrogen-bond donors (Lipinski definition) is 2. The molecule has 0 spiro atoms. The first kappa shape index (κ1) is 26.0. The molecule has 2 aromatic heterocycles. The molecule has 0 amide bonds. The van der Waals surface area contributed by atoms with E-state index in [4.69, 9.17) is 24.7 Å². The zero-order valence-corrected chi connectivity index (χ0v) is 21.5. The summed E-state index contributed by atoms with van der Waals surface area (Å²) in [4.78, 5) is 13.1. The molecule has 7 nitrogen and oxygen atoms in total. The summed E-state index contributed by atoms with van der Waals surface area (Å²) in [5.74, 6) is -0.372. The Bertz CT molecular complexity index is 1750. The normalized spacial score (nSPS) is 11.2. The Morgan fingerprint density at radius 2 is 1.69 bits per heavy atom. The topological polar surface area (TPSA) is 99.9 Å². The molecule has 0 aliphatic carbocycles. The number of aliphatic hydroxyl groups is 1. The first-order valence-electron chi connectivity index (χ1n) is 12.2. The molecule has 5 rings (SSSR count). The Kier molecular flexibility index (Phi) is 6.84. The lowest BCUT2D eigenvalue weighted by Crippen LogP contribution is -2.15. The molecule has 0 atom stereocenters. The van der Waals surface area contributed by atoms with E-state index < -0.39 is 11.6 Å². The summed E-state index contributed by atoms with van der Waals surface area (Å²) in [5.41, 5.74) is 9.93. The van der Waals surface area contributed by atoms with Gasteiger partial charge >= 0.3 is 0 Å². The van der Waals surface area contributed by atoms with Gasteiger partial charge in [-0.1, -0.05) is 0 Å². The van der Waals surface area contributed by atoms with E-state index in [1.54, 1.807) is 37.5 Å². The number of anilines is 1. The van der Waals surface area contributed by atoms with Crippen molar-refractivity contribution in [3.8, 4) is 39.7 Å². The number of nitrogens with zero attached hydrogens (tertiary/aromatic N) is 1. The van der Waals surface area contributed by atoms with Crippen LogP contribution >= 0.6 is 0 Å². The molecule has 3 N–H and O–H groups in total. The third kappa shape index (κ3) is 4.96. The van der Waals surface area contributed by atoms with E-state index >= 15 is 0 Å². The maximum atomic E-state index is 14.4. The maximum absolute atomic E-state index is 14.4. The molecule has 200 valence electrons. The van der Waals surface area contributed by atoms with E-state index in [-0.39, 0.29) is 30.3 Å². The highest BCUT2D eigenvalue weighted by molar-refractivity contribution is 5.96. The number of ether oxygens (including phenoxy) is 2. The number of furan rings is 1. The highest BCUT2D eigenvalue weighted by Gasteiger charge is 2.21. The van der Waals surface area contributed by atoms with Gasteiger partial charge in [0, 0.05) is 41.7 Å². The number of aromatic nitrogens is 1. The van der Waals surface area contributed by atoms with Crippen molar-refractivity contribution in [3.63, 3.8) is 0 Å². The lowest BCUT2D eigenvalue weighted by atomic mass is 10.0. The van der Waals surface area contributed by atoms with Crippen molar-refractivity contribution >= 4 is 16.7 Å². The van der Waals surface area contributed by atoms with Gasteiger partial charge in [-0.3, -0.25) is 4.79 Å². The number of hydrogen-bond acceptors (Lipinski definition) is 6. The highest BCUT2D eigenvalue weighted by atomic mass is 19.1. The summed E-state index contributed by atoms with van der Waals surface area (Å²) < 4.78 is 47.0. The van der Waals surface area contributed by atoms with Crippen LogP contribution in [0.2, 0.25) is 0 Å². The van der Waals surface area contributed by atoms with Gasteiger partial charge < -0.3 is 29.3 Å². The Hall–Kier alpha value is -4.63. The molecule has 0 fully saturated rings. The van der Waals surface area contributed by atoms with Gasteiger partial charge in [-0.2, -0.15) is 0 Å². The fraction of sp³-hybridized carbons (Fsp3) is 0.167. The lowest BCUT2D eigenvalue weighted by molar-refractivity contribution is 0.200. The number of nitrogen functional groups attached to an aromatic ring is 1. The molecule has 5 aromatic rings. The molecule has 0 unspecified atom stereocenters. The van der Waals surface area contributed by atoms with Gasteiger partial charge in [0.05, 0.1) is 12.0 Å². The Morgan fingerprint density at radius 1 is 0.974 bits per heavy atom.